The normalized spacial score (nSPS) is 10.8. The Balaban J connectivity index is 1.84. The molecule has 3 aromatic rings. The zero-order chi connectivity index (χ0) is 23.8. The van der Waals surface area contributed by atoms with Gasteiger partial charge in [0.25, 0.3) is 5.91 Å². The molecule has 0 bridgehead atoms. The molecule has 0 atom stereocenters. The number of nitriles is 1. The number of benzene rings is 3. The van der Waals surface area contributed by atoms with Gasteiger partial charge in [0.1, 0.15) is 35.5 Å². The van der Waals surface area contributed by atoms with Gasteiger partial charge in [0.05, 0.1) is 14.2 Å². The Bertz CT molecular complexity index is 1220. The number of ether oxygens (including phenoxy) is 3. The number of amides is 1. The molecule has 33 heavy (non-hydrogen) atoms. The first-order chi connectivity index (χ1) is 15.9. The molecule has 0 saturated carbocycles. The van der Waals surface area contributed by atoms with E-state index in [-0.39, 0.29) is 12.2 Å². The Hall–Kier alpha value is -3.66. The lowest BCUT2D eigenvalue weighted by molar-refractivity contribution is -0.112. The van der Waals surface area contributed by atoms with E-state index >= 15 is 0 Å². The summed E-state index contributed by atoms with van der Waals surface area (Å²) in [5.74, 6) is 1.09. The Morgan fingerprint density at radius 1 is 1.00 bits per heavy atom. The van der Waals surface area contributed by atoms with E-state index in [1.165, 1.54) is 13.2 Å². The van der Waals surface area contributed by atoms with Crippen LogP contribution < -0.4 is 19.5 Å². The van der Waals surface area contributed by atoms with Gasteiger partial charge in [-0.15, -0.1) is 0 Å². The predicted octanol–water partition coefficient (Wildman–Crippen LogP) is 6.14. The molecule has 0 heterocycles. The van der Waals surface area contributed by atoms with Crippen molar-refractivity contribution in [3.05, 3.63) is 87.4 Å². The summed E-state index contributed by atoms with van der Waals surface area (Å²) in [6, 6.07) is 18.9. The maximum absolute atomic E-state index is 12.7. The van der Waals surface area contributed by atoms with Crippen LogP contribution in [-0.4, -0.2) is 20.1 Å². The number of hydrogen-bond acceptors (Lipinski definition) is 5. The lowest BCUT2D eigenvalue weighted by atomic mass is 10.1. The number of carbonyl (C=O) groups excluding carboxylic acids is 1. The number of nitrogens with one attached hydrogen (secondary N) is 1. The van der Waals surface area contributed by atoms with Gasteiger partial charge in [0.2, 0.25) is 0 Å². The second-order valence-corrected chi connectivity index (χ2v) is 7.62. The molecule has 3 rings (SSSR count). The molecule has 0 aromatic heterocycles. The fourth-order valence-electron chi connectivity index (χ4n) is 2.86. The summed E-state index contributed by atoms with van der Waals surface area (Å²) < 4.78 is 16.3. The van der Waals surface area contributed by atoms with Gasteiger partial charge >= 0.3 is 0 Å². The van der Waals surface area contributed by atoms with Crippen LogP contribution in [0.1, 0.15) is 11.1 Å². The van der Waals surface area contributed by atoms with E-state index in [4.69, 9.17) is 37.4 Å². The van der Waals surface area contributed by atoms with Crippen molar-refractivity contribution in [3.8, 4) is 23.3 Å². The van der Waals surface area contributed by atoms with Gasteiger partial charge in [-0.25, -0.2) is 0 Å². The first-order valence-electron chi connectivity index (χ1n) is 9.75. The van der Waals surface area contributed by atoms with E-state index in [9.17, 15) is 10.1 Å². The molecule has 168 valence electrons. The summed E-state index contributed by atoms with van der Waals surface area (Å²) in [6.07, 6.45) is 1.46. The number of halogens is 2. The van der Waals surface area contributed by atoms with Crippen LogP contribution in [0.3, 0.4) is 0 Å². The molecular weight excluding hydrogens is 463 g/mol. The van der Waals surface area contributed by atoms with Crippen LogP contribution >= 0.6 is 23.2 Å². The van der Waals surface area contributed by atoms with Crippen molar-refractivity contribution in [1.82, 2.24) is 0 Å². The van der Waals surface area contributed by atoms with Crippen LogP contribution in [0, 0.1) is 11.3 Å². The molecule has 0 fully saturated rings. The Labute approximate surface area is 201 Å². The third-order valence-electron chi connectivity index (χ3n) is 4.63. The number of nitrogens with zero attached hydrogens (tertiary/aromatic N) is 1. The number of anilines is 1. The molecule has 1 N–H and O–H groups in total. The minimum atomic E-state index is -0.551. The molecule has 0 saturated heterocycles. The fraction of sp³-hybridized carbons (Fsp3) is 0.120. The van der Waals surface area contributed by atoms with Gasteiger partial charge in [-0.2, -0.15) is 5.26 Å². The van der Waals surface area contributed by atoms with E-state index in [0.29, 0.717) is 38.5 Å². The largest absolute Gasteiger partial charge is 0.497 e. The topological polar surface area (TPSA) is 80.6 Å². The van der Waals surface area contributed by atoms with Crippen LogP contribution in [0.2, 0.25) is 10.0 Å². The zero-order valence-corrected chi connectivity index (χ0v) is 19.4. The van der Waals surface area contributed by atoms with E-state index in [1.807, 2.05) is 6.07 Å². The van der Waals surface area contributed by atoms with Crippen molar-refractivity contribution >= 4 is 40.9 Å². The van der Waals surface area contributed by atoms with Gasteiger partial charge in [-0.3, -0.25) is 4.79 Å². The van der Waals surface area contributed by atoms with E-state index in [1.54, 1.807) is 67.8 Å². The maximum Gasteiger partial charge on any atom is 0.266 e. The summed E-state index contributed by atoms with van der Waals surface area (Å²) in [6.45, 7) is 0.157. The van der Waals surface area contributed by atoms with Crippen LogP contribution in [-0.2, 0) is 11.4 Å². The van der Waals surface area contributed by atoms with Crippen molar-refractivity contribution in [1.29, 1.82) is 5.26 Å². The molecule has 0 spiro atoms. The fourth-order valence-corrected chi connectivity index (χ4v) is 3.32. The second kappa shape index (κ2) is 11.3. The molecule has 0 aliphatic carbocycles. The van der Waals surface area contributed by atoms with Crippen LogP contribution in [0.4, 0.5) is 5.69 Å². The van der Waals surface area contributed by atoms with Gasteiger partial charge in [0, 0.05) is 32.9 Å². The number of hydrogen-bond donors (Lipinski definition) is 1. The Kier molecular flexibility index (Phi) is 8.20. The Morgan fingerprint density at radius 3 is 2.33 bits per heavy atom. The summed E-state index contributed by atoms with van der Waals surface area (Å²) in [5, 5.41) is 13.3. The Morgan fingerprint density at radius 2 is 1.70 bits per heavy atom. The molecule has 8 heteroatoms. The minimum absolute atomic E-state index is 0.0923. The first kappa shape index (κ1) is 24.0. The molecule has 1 amide bonds. The third kappa shape index (κ3) is 6.42. The summed E-state index contributed by atoms with van der Waals surface area (Å²) in [4.78, 5) is 12.7. The van der Waals surface area contributed by atoms with Gasteiger partial charge in [0.15, 0.2) is 0 Å². The highest BCUT2D eigenvalue weighted by atomic mass is 35.5. The lowest BCUT2D eigenvalue weighted by Gasteiger charge is -2.13. The first-order valence-corrected chi connectivity index (χ1v) is 10.5. The van der Waals surface area contributed by atoms with Crippen molar-refractivity contribution in [3.63, 3.8) is 0 Å². The molecule has 0 radical (unpaired) electrons. The maximum atomic E-state index is 12.7. The zero-order valence-electron chi connectivity index (χ0n) is 17.9. The molecule has 0 aliphatic heterocycles. The lowest BCUT2D eigenvalue weighted by Crippen LogP contribution is -2.13. The molecule has 0 unspecified atom stereocenters. The minimum Gasteiger partial charge on any atom is -0.497 e. The van der Waals surface area contributed by atoms with Crippen LogP contribution in [0.5, 0.6) is 17.2 Å². The highest BCUT2D eigenvalue weighted by Gasteiger charge is 2.13. The number of rotatable bonds is 8. The van der Waals surface area contributed by atoms with Gasteiger partial charge in [-0.1, -0.05) is 29.3 Å². The summed E-state index contributed by atoms with van der Waals surface area (Å²) in [7, 11) is 3.09. The molecule has 0 aliphatic rings. The highest BCUT2D eigenvalue weighted by Crippen LogP contribution is 2.29. The third-order valence-corrected chi connectivity index (χ3v) is 5.22. The van der Waals surface area contributed by atoms with Crippen molar-refractivity contribution in [2.24, 2.45) is 0 Å². The number of carbonyl (C=O) groups is 1. The van der Waals surface area contributed by atoms with Crippen molar-refractivity contribution < 1.29 is 19.0 Å². The second-order valence-electron chi connectivity index (χ2n) is 6.78. The van der Waals surface area contributed by atoms with Crippen LogP contribution in [0.15, 0.2) is 66.2 Å². The van der Waals surface area contributed by atoms with Crippen LogP contribution in [0.25, 0.3) is 6.08 Å². The monoisotopic (exact) mass is 482 g/mol. The van der Waals surface area contributed by atoms with Crippen molar-refractivity contribution in [2.45, 2.75) is 6.61 Å². The van der Waals surface area contributed by atoms with E-state index in [0.717, 1.165) is 5.56 Å². The van der Waals surface area contributed by atoms with Gasteiger partial charge < -0.3 is 19.5 Å². The average Bonchev–Trinajstić information content (AvgIpc) is 2.82. The van der Waals surface area contributed by atoms with Crippen molar-refractivity contribution in [2.75, 3.05) is 19.5 Å². The smallest absolute Gasteiger partial charge is 0.266 e. The summed E-state index contributed by atoms with van der Waals surface area (Å²) in [5.41, 5.74) is 1.70. The molecule has 3 aromatic carbocycles. The molecule has 6 nitrogen and oxygen atoms in total. The quantitative estimate of drug-likeness (QED) is 0.308. The standard InChI is InChI=1S/C25H20Cl2N2O4/c1-31-21-9-6-20(7-10-21)29-25(30)18(14-28)11-16-4-8-22(32-2)13-24(16)33-15-17-3-5-19(26)12-23(17)27/h3-13H,15H2,1-2H3,(H,29,30)/b18-11+. The van der Waals surface area contributed by atoms with E-state index < -0.39 is 5.91 Å². The highest BCUT2D eigenvalue weighted by molar-refractivity contribution is 6.35. The average molecular weight is 483 g/mol. The predicted molar refractivity (Wildman–Crippen MR) is 129 cm³/mol. The summed E-state index contributed by atoms with van der Waals surface area (Å²) >= 11 is 12.2. The van der Waals surface area contributed by atoms with Gasteiger partial charge in [-0.05, 0) is 54.6 Å². The number of methoxy groups -OCH3 is 2. The van der Waals surface area contributed by atoms with E-state index in [2.05, 4.69) is 5.32 Å². The SMILES string of the molecule is COc1ccc(NC(=O)/C(C#N)=C/c2ccc(OC)cc2OCc2ccc(Cl)cc2Cl)cc1. The molecular formula is C25H20Cl2N2O4.